The summed E-state index contributed by atoms with van der Waals surface area (Å²) in [6.45, 7) is 6.76. The van der Waals surface area contributed by atoms with E-state index in [0.29, 0.717) is 3.63 Å². The van der Waals surface area contributed by atoms with Crippen LogP contribution < -0.4 is 0 Å². The predicted molar refractivity (Wildman–Crippen MR) is 183 cm³/mol. The summed E-state index contributed by atoms with van der Waals surface area (Å²) >= 11 is -4.35. The van der Waals surface area contributed by atoms with Gasteiger partial charge in [0.2, 0.25) is 0 Å². The van der Waals surface area contributed by atoms with Gasteiger partial charge in [0.05, 0.1) is 0 Å². The Kier molecular flexibility index (Phi) is 6.87. The van der Waals surface area contributed by atoms with Gasteiger partial charge in [-0.2, -0.15) is 0 Å². The van der Waals surface area contributed by atoms with Crippen LogP contribution in [0, 0.1) is 20.8 Å². The Hall–Kier alpha value is -3.67. The molecule has 0 saturated carbocycles. The fourth-order valence-corrected chi connectivity index (χ4v) is 25.4. The van der Waals surface area contributed by atoms with E-state index >= 15 is 0 Å². The van der Waals surface area contributed by atoms with Gasteiger partial charge in [0, 0.05) is 0 Å². The van der Waals surface area contributed by atoms with Crippen molar-refractivity contribution in [1.82, 2.24) is 0 Å². The maximum atomic E-state index is 2.75. The van der Waals surface area contributed by atoms with Gasteiger partial charge in [-0.25, -0.2) is 0 Å². The van der Waals surface area contributed by atoms with Crippen LogP contribution in [-0.2, 0) is 18.3 Å². The second-order valence-electron chi connectivity index (χ2n) is 13.5. The van der Waals surface area contributed by atoms with Crippen LogP contribution in [-0.4, -0.2) is 3.21 Å². The van der Waals surface area contributed by atoms with Gasteiger partial charge < -0.3 is 0 Å². The number of fused-ring (bicyclic) bond motifs is 3. The van der Waals surface area contributed by atoms with E-state index in [1.165, 1.54) is 61.2 Å². The van der Waals surface area contributed by atoms with Crippen molar-refractivity contribution < 1.29 is 18.3 Å². The molecular formula is C42H40Zr. The fraction of sp³-hybridized carbons (Fsp3) is 0.167. The third kappa shape index (κ3) is 4.39. The average Bonchev–Trinajstić information content (AvgIpc) is 3.63. The number of aryl methyl sites for hydroxylation is 3. The first-order chi connectivity index (χ1) is 20.8. The Labute approximate surface area is 258 Å². The Balaban J connectivity index is 1.63. The molecule has 5 aromatic carbocycles. The maximum absolute atomic E-state index is 4.35. The molecule has 0 aliphatic heterocycles. The summed E-state index contributed by atoms with van der Waals surface area (Å²) in [5.41, 5.74) is 15.4. The quantitative estimate of drug-likeness (QED) is 0.180. The van der Waals surface area contributed by atoms with Crippen molar-refractivity contribution in [3.8, 4) is 11.1 Å². The molecule has 5 aromatic rings. The summed E-state index contributed by atoms with van der Waals surface area (Å²) in [5, 5.41) is 0. The summed E-state index contributed by atoms with van der Waals surface area (Å²) in [6.07, 6.45) is 6.16. The zero-order valence-corrected chi connectivity index (χ0v) is 28.4. The topological polar surface area (TPSA) is 0 Å². The van der Waals surface area contributed by atoms with E-state index < -0.39 is 18.3 Å². The number of allylic oxidation sites excluding steroid dienone is 4. The summed E-state index contributed by atoms with van der Waals surface area (Å²) in [6, 6.07) is 45.8. The van der Waals surface area contributed by atoms with E-state index in [1.807, 2.05) is 0 Å². The molecule has 2 aliphatic carbocycles. The molecule has 43 heavy (non-hydrogen) atoms. The zero-order valence-electron chi connectivity index (χ0n) is 26.0. The van der Waals surface area contributed by atoms with Crippen LogP contribution in [0.4, 0.5) is 0 Å². The van der Waals surface area contributed by atoms with Gasteiger partial charge in [-0.3, -0.25) is 0 Å². The summed E-state index contributed by atoms with van der Waals surface area (Å²) in [5.74, 6) is 0. The minimum absolute atomic E-state index is 0.337. The monoisotopic (exact) mass is 634 g/mol. The summed E-state index contributed by atoms with van der Waals surface area (Å²) in [4.78, 5) is 0. The Bertz CT molecular complexity index is 1900. The third-order valence-electron chi connectivity index (χ3n) is 10.4. The van der Waals surface area contributed by atoms with Crippen molar-refractivity contribution in [3.05, 3.63) is 181 Å². The first kappa shape index (κ1) is 28.1. The molecule has 0 amide bonds. The van der Waals surface area contributed by atoms with Gasteiger partial charge in [0.25, 0.3) is 0 Å². The Morgan fingerprint density at radius 2 is 1.07 bits per heavy atom. The molecule has 0 nitrogen and oxygen atoms in total. The molecule has 0 saturated heterocycles. The van der Waals surface area contributed by atoms with Gasteiger partial charge in [0.1, 0.15) is 0 Å². The van der Waals surface area contributed by atoms with E-state index in [9.17, 15) is 0 Å². The van der Waals surface area contributed by atoms with Crippen molar-refractivity contribution in [2.45, 2.75) is 40.1 Å². The van der Waals surface area contributed by atoms with E-state index in [-0.39, 0.29) is 0 Å². The van der Waals surface area contributed by atoms with Crippen LogP contribution >= 0.6 is 0 Å². The summed E-state index contributed by atoms with van der Waals surface area (Å²) < 4.78 is 9.07. The molecule has 0 N–H and O–H groups in total. The van der Waals surface area contributed by atoms with E-state index in [0.717, 1.165) is 6.42 Å². The molecule has 0 heterocycles. The standard InChI is InChI=1S/C14H15.C13H9.C13H10.2CH3.Zr/c1-10-8-11(2)14(12(3)9-10)13-6-4-5-7-13;1-3-7-12-10(5-1)9-11-6-2-4-8-13(11)12;1-3-7-12(8-4-1)11-13-9-5-2-6-10-13;;;/h6-9H,4H2,1-3H3;1-9H;1-10H;2*1H3;. The van der Waals surface area contributed by atoms with Crippen molar-refractivity contribution >= 4 is 8.78 Å². The second kappa shape index (κ2) is 10.5. The number of rotatable bonds is 5. The van der Waals surface area contributed by atoms with Crippen molar-refractivity contribution in [1.29, 1.82) is 0 Å². The molecule has 0 spiro atoms. The van der Waals surface area contributed by atoms with Crippen LogP contribution in [0.3, 0.4) is 0 Å². The van der Waals surface area contributed by atoms with Crippen LogP contribution in [0.25, 0.3) is 16.7 Å². The zero-order chi connectivity index (χ0) is 29.8. The van der Waals surface area contributed by atoms with Crippen molar-refractivity contribution in [3.63, 3.8) is 0 Å². The molecule has 0 radical (unpaired) electrons. The number of benzene rings is 5. The van der Waals surface area contributed by atoms with Gasteiger partial charge in [-0.15, -0.1) is 0 Å². The average molecular weight is 636 g/mol. The van der Waals surface area contributed by atoms with Gasteiger partial charge >= 0.3 is 260 Å². The third-order valence-corrected chi connectivity index (χ3v) is 27.1. The minimum atomic E-state index is -4.35. The number of hydrogen-bond acceptors (Lipinski definition) is 0. The van der Waals surface area contributed by atoms with Crippen LogP contribution in [0.15, 0.2) is 137 Å². The molecule has 0 fully saturated rings. The van der Waals surface area contributed by atoms with Crippen LogP contribution in [0.5, 0.6) is 0 Å². The molecule has 1 heteroatoms. The predicted octanol–water partition coefficient (Wildman–Crippen LogP) is 11.1. The Morgan fingerprint density at radius 1 is 0.605 bits per heavy atom. The Morgan fingerprint density at radius 3 is 1.58 bits per heavy atom. The molecule has 212 valence electrons. The number of hydrogen-bond donors (Lipinski definition) is 0. The molecule has 7 rings (SSSR count). The SMILES string of the molecule is Cc1cc(C)c(C2=CC[C]([Zr]([CH3])([CH3])(=[C](c3ccccc3)c3ccccc3)[CH]3c4ccccc4-c4ccccc43)=C2)c(C)c1. The van der Waals surface area contributed by atoms with Crippen molar-refractivity contribution in [2.24, 2.45) is 0 Å². The van der Waals surface area contributed by atoms with Crippen LogP contribution in [0.2, 0.25) is 9.26 Å². The fourth-order valence-electron chi connectivity index (χ4n) is 8.71. The van der Waals surface area contributed by atoms with Crippen molar-refractivity contribution in [2.75, 3.05) is 0 Å². The summed E-state index contributed by atoms with van der Waals surface area (Å²) in [7, 11) is 0. The van der Waals surface area contributed by atoms with Gasteiger partial charge in [-0.05, 0) is 0 Å². The van der Waals surface area contributed by atoms with Crippen LogP contribution in [0.1, 0.15) is 54.6 Å². The second-order valence-corrected chi connectivity index (χ2v) is 30.0. The molecule has 0 bridgehead atoms. The van der Waals surface area contributed by atoms with Gasteiger partial charge in [0.15, 0.2) is 0 Å². The van der Waals surface area contributed by atoms with Gasteiger partial charge in [-0.1, -0.05) is 0 Å². The molecule has 0 unspecified atom stereocenters. The molecule has 2 aliphatic rings. The normalized spacial score (nSPS) is 14.7. The molecule has 0 atom stereocenters. The first-order valence-electron chi connectivity index (χ1n) is 15.6. The van der Waals surface area contributed by atoms with E-state index in [2.05, 4.69) is 164 Å². The molecular weight excluding hydrogens is 596 g/mol. The molecule has 0 aromatic heterocycles. The van der Waals surface area contributed by atoms with E-state index in [4.69, 9.17) is 0 Å². The van der Waals surface area contributed by atoms with E-state index in [1.54, 1.807) is 6.49 Å². The first-order valence-corrected chi connectivity index (χ1v) is 24.4.